The lowest BCUT2D eigenvalue weighted by molar-refractivity contribution is -0.123. The minimum atomic E-state index is -0.857. The molecule has 0 saturated carbocycles. The Kier molecular flexibility index (Phi) is 38.4. The van der Waals surface area contributed by atoms with E-state index in [1.54, 1.807) is 6.08 Å². The van der Waals surface area contributed by atoms with Crippen LogP contribution < -0.4 is 5.32 Å². The zero-order valence-corrected chi connectivity index (χ0v) is 31.8. The van der Waals surface area contributed by atoms with Gasteiger partial charge in [-0.25, -0.2) is 0 Å². The molecule has 0 aromatic carbocycles. The summed E-state index contributed by atoms with van der Waals surface area (Å²) in [5.41, 5.74) is 0. The molecule has 2 unspecified atom stereocenters. The molecular weight excluding hydrogens is 578 g/mol. The van der Waals surface area contributed by atoms with Crippen LogP contribution in [0.25, 0.3) is 0 Å². The van der Waals surface area contributed by atoms with E-state index in [2.05, 4.69) is 31.3 Å². The number of unbranched alkanes of at least 4 members (excludes halogenated alkanes) is 29. The molecule has 1 amide bonds. The number of allylic oxidation sites excluding steroid dienone is 3. The van der Waals surface area contributed by atoms with Gasteiger partial charge in [0.1, 0.15) is 0 Å². The van der Waals surface area contributed by atoms with Crippen molar-refractivity contribution in [3.8, 4) is 0 Å². The summed E-state index contributed by atoms with van der Waals surface area (Å²) in [7, 11) is 0. The van der Waals surface area contributed by atoms with Crippen molar-refractivity contribution in [2.75, 3.05) is 6.61 Å². The summed E-state index contributed by atoms with van der Waals surface area (Å²) < 4.78 is 0. The minimum absolute atomic E-state index is 0.0741. The quantitative estimate of drug-likeness (QED) is 0.0455. The lowest BCUT2D eigenvalue weighted by atomic mass is 10.0. The van der Waals surface area contributed by atoms with Crippen LogP contribution in [0.5, 0.6) is 0 Å². The van der Waals surface area contributed by atoms with E-state index >= 15 is 0 Å². The second kappa shape index (κ2) is 39.3. The van der Waals surface area contributed by atoms with Crippen molar-refractivity contribution in [3.63, 3.8) is 0 Å². The van der Waals surface area contributed by atoms with Crippen LogP contribution in [-0.4, -0.2) is 34.9 Å². The second-order valence-electron chi connectivity index (χ2n) is 14.4. The van der Waals surface area contributed by atoms with Gasteiger partial charge in [-0.3, -0.25) is 4.79 Å². The highest BCUT2D eigenvalue weighted by Gasteiger charge is 2.17. The fraction of sp³-hybridized carbons (Fsp3) is 0.884. The molecule has 4 nitrogen and oxygen atoms in total. The zero-order chi connectivity index (χ0) is 34.3. The third-order valence-corrected chi connectivity index (χ3v) is 9.69. The first kappa shape index (κ1) is 45.9. The van der Waals surface area contributed by atoms with Gasteiger partial charge in [0.25, 0.3) is 0 Å². The van der Waals surface area contributed by atoms with E-state index in [1.807, 2.05) is 6.08 Å². The van der Waals surface area contributed by atoms with Gasteiger partial charge >= 0.3 is 0 Å². The molecule has 0 heterocycles. The van der Waals surface area contributed by atoms with Crippen molar-refractivity contribution < 1.29 is 15.0 Å². The first-order valence-corrected chi connectivity index (χ1v) is 21.1. The van der Waals surface area contributed by atoms with Gasteiger partial charge in [0.05, 0.1) is 18.8 Å². The first-order chi connectivity index (χ1) is 23.2. The number of hydrogen-bond donors (Lipinski definition) is 3. The number of hydrogen-bond acceptors (Lipinski definition) is 3. The summed E-state index contributed by atoms with van der Waals surface area (Å²) in [6.07, 6.45) is 50.0. The Hall–Kier alpha value is -1.13. The summed E-state index contributed by atoms with van der Waals surface area (Å²) in [6, 6.07) is -0.633. The average molecular weight is 662 g/mol. The lowest BCUT2D eigenvalue weighted by Gasteiger charge is -2.19. The fourth-order valence-corrected chi connectivity index (χ4v) is 6.43. The Morgan fingerprint density at radius 2 is 0.830 bits per heavy atom. The van der Waals surface area contributed by atoms with Crippen LogP contribution in [0.4, 0.5) is 0 Å². The minimum Gasteiger partial charge on any atom is -0.394 e. The van der Waals surface area contributed by atoms with Crippen molar-refractivity contribution >= 4 is 5.91 Å². The molecule has 3 N–H and O–H groups in total. The molecule has 0 bridgehead atoms. The molecule has 0 radical (unpaired) electrons. The summed E-state index contributed by atoms with van der Waals surface area (Å²) in [5, 5.41) is 22.9. The summed E-state index contributed by atoms with van der Waals surface area (Å²) >= 11 is 0. The molecule has 0 aliphatic rings. The normalized spacial score (nSPS) is 13.2. The smallest absolute Gasteiger partial charge is 0.220 e. The van der Waals surface area contributed by atoms with Crippen molar-refractivity contribution in [2.45, 2.75) is 238 Å². The predicted molar refractivity (Wildman–Crippen MR) is 207 cm³/mol. The summed E-state index contributed by atoms with van der Waals surface area (Å²) in [6.45, 7) is 4.29. The van der Waals surface area contributed by atoms with Crippen LogP contribution in [0, 0.1) is 0 Å². The standard InChI is InChI=1S/C43H83NO3/c1-3-5-7-9-11-13-15-16-17-18-19-20-21-22-23-24-25-26-27-29-30-32-34-36-38-42(46)41(40-45)44-43(47)39-37-35-33-31-28-14-12-10-8-6-4-2/h29-30,36,38,41-42,45-46H,3-28,31-35,37,39-40H2,1-2H3,(H,44,47)/b30-29+,38-36+. The Balaban J connectivity index is 3.56. The Morgan fingerprint density at radius 3 is 1.23 bits per heavy atom. The van der Waals surface area contributed by atoms with Crippen molar-refractivity contribution in [2.24, 2.45) is 0 Å². The predicted octanol–water partition coefficient (Wildman–Crippen LogP) is 12.8. The monoisotopic (exact) mass is 662 g/mol. The van der Waals surface area contributed by atoms with Gasteiger partial charge in [-0.05, 0) is 32.1 Å². The van der Waals surface area contributed by atoms with Gasteiger partial charge in [-0.15, -0.1) is 0 Å². The van der Waals surface area contributed by atoms with E-state index in [4.69, 9.17) is 0 Å². The van der Waals surface area contributed by atoms with Gasteiger partial charge in [-0.2, -0.15) is 0 Å². The van der Waals surface area contributed by atoms with Gasteiger partial charge < -0.3 is 15.5 Å². The summed E-state index contributed by atoms with van der Waals surface area (Å²) in [4.78, 5) is 12.3. The van der Waals surface area contributed by atoms with E-state index in [0.717, 1.165) is 32.1 Å². The fourth-order valence-electron chi connectivity index (χ4n) is 6.43. The third-order valence-electron chi connectivity index (χ3n) is 9.69. The molecule has 4 heteroatoms. The maximum Gasteiger partial charge on any atom is 0.220 e. The van der Waals surface area contributed by atoms with E-state index in [-0.39, 0.29) is 12.5 Å². The number of carbonyl (C=O) groups is 1. The molecule has 0 aromatic heterocycles. The molecule has 47 heavy (non-hydrogen) atoms. The topological polar surface area (TPSA) is 69.6 Å². The van der Waals surface area contributed by atoms with E-state index in [9.17, 15) is 15.0 Å². The van der Waals surface area contributed by atoms with Gasteiger partial charge in [0.2, 0.25) is 5.91 Å². The first-order valence-electron chi connectivity index (χ1n) is 21.1. The van der Waals surface area contributed by atoms with Gasteiger partial charge in [-0.1, -0.05) is 212 Å². The molecule has 278 valence electrons. The van der Waals surface area contributed by atoms with Crippen molar-refractivity contribution in [3.05, 3.63) is 24.3 Å². The van der Waals surface area contributed by atoms with Crippen molar-refractivity contribution in [1.29, 1.82) is 0 Å². The van der Waals surface area contributed by atoms with Crippen LogP contribution in [-0.2, 0) is 4.79 Å². The highest BCUT2D eigenvalue weighted by Crippen LogP contribution is 2.15. The number of aliphatic hydroxyl groups excluding tert-OH is 2. The Morgan fingerprint density at radius 1 is 0.489 bits per heavy atom. The largest absolute Gasteiger partial charge is 0.394 e. The number of amides is 1. The molecule has 2 atom stereocenters. The number of aliphatic hydroxyl groups is 2. The Bertz CT molecular complexity index is 676. The highest BCUT2D eigenvalue weighted by atomic mass is 16.3. The van der Waals surface area contributed by atoms with E-state index < -0.39 is 12.1 Å². The molecule has 0 saturated heterocycles. The number of nitrogens with one attached hydrogen (secondary N) is 1. The average Bonchev–Trinajstić information content (AvgIpc) is 3.07. The highest BCUT2D eigenvalue weighted by molar-refractivity contribution is 5.76. The second-order valence-corrected chi connectivity index (χ2v) is 14.4. The van der Waals surface area contributed by atoms with Crippen LogP contribution in [0.3, 0.4) is 0 Å². The number of carbonyl (C=O) groups excluding carboxylic acids is 1. The van der Waals surface area contributed by atoms with Crippen molar-refractivity contribution in [1.82, 2.24) is 5.32 Å². The molecule has 0 rings (SSSR count). The SMILES string of the molecule is CCCCCCCCCCCCCCCCCCCC/C=C/CC/C=C/C(O)C(CO)NC(=O)CCCCCCCCCCCCC. The zero-order valence-electron chi connectivity index (χ0n) is 31.8. The molecule has 0 aliphatic carbocycles. The maximum atomic E-state index is 12.3. The van der Waals surface area contributed by atoms with E-state index in [1.165, 1.54) is 173 Å². The summed E-state index contributed by atoms with van der Waals surface area (Å²) in [5.74, 6) is -0.0741. The molecule has 0 fully saturated rings. The molecule has 0 aliphatic heterocycles. The molecular formula is C43H83NO3. The van der Waals surface area contributed by atoms with Gasteiger partial charge in [0.15, 0.2) is 0 Å². The maximum absolute atomic E-state index is 12.3. The number of rotatable bonds is 38. The van der Waals surface area contributed by atoms with E-state index in [0.29, 0.717) is 6.42 Å². The lowest BCUT2D eigenvalue weighted by Crippen LogP contribution is -2.45. The van der Waals surface area contributed by atoms with Crippen LogP contribution in [0.15, 0.2) is 24.3 Å². The van der Waals surface area contributed by atoms with Crippen LogP contribution in [0.2, 0.25) is 0 Å². The third kappa shape index (κ3) is 36.0. The van der Waals surface area contributed by atoms with Gasteiger partial charge in [0, 0.05) is 6.42 Å². The molecule has 0 aromatic rings. The molecule has 0 spiro atoms. The van der Waals surface area contributed by atoms with Crippen LogP contribution in [0.1, 0.15) is 226 Å². The van der Waals surface area contributed by atoms with Crippen LogP contribution >= 0.6 is 0 Å². The Labute approximate surface area is 294 Å².